The molecule has 0 saturated carbocycles. The van der Waals surface area contributed by atoms with Gasteiger partial charge in [0, 0.05) is 5.92 Å². The summed E-state index contributed by atoms with van der Waals surface area (Å²) >= 11 is 0. The molecule has 0 saturated heterocycles. The van der Waals surface area contributed by atoms with E-state index >= 15 is 0 Å². The van der Waals surface area contributed by atoms with Gasteiger partial charge in [-0.05, 0) is 97.1 Å². The molecule has 3 aliphatic carbocycles. The average Bonchev–Trinajstić information content (AvgIpc) is 3.65. The molecule has 1 spiro atoms. The first-order chi connectivity index (χ1) is 24.2. The van der Waals surface area contributed by atoms with E-state index in [4.69, 9.17) is 0 Å². The van der Waals surface area contributed by atoms with Crippen LogP contribution in [0.15, 0.2) is 187 Å². The van der Waals surface area contributed by atoms with Crippen LogP contribution in [0.25, 0.3) is 28.3 Å². The second-order valence-corrected chi connectivity index (χ2v) is 13.2. The zero-order valence-electron chi connectivity index (χ0n) is 27.3. The number of fused-ring (bicyclic) bond motifs is 8. The van der Waals surface area contributed by atoms with Gasteiger partial charge < -0.3 is 0 Å². The number of benzene rings is 6. The summed E-state index contributed by atoms with van der Waals surface area (Å²) < 4.78 is 0. The summed E-state index contributed by atoms with van der Waals surface area (Å²) in [4.78, 5) is 4.54. The highest BCUT2D eigenvalue weighted by Gasteiger charge is 2.52. The third-order valence-corrected chi connectivity index (χ3v) is 10.7. The van der Waals surface area contributed by atoms with E-state index in [1.165, 1.54) is 66.8 Å². The molecule has 3 aliphatic rings. The maximum atomic E-state index is 4.54. The van der Waals surface area contributed by atoms with E-state index in [-0.39, 0.29) is 5.92 Å². The van der Waals surface area contributed by atoms with E-state index in [1.807, 2.05) is 0 Å². The van der Waals surface area contributed by atoms with Crippen LogP contribution in [0, 0.1) is 0 Å². The Morgan fingerprint density at radius 2 is 1.29 bits per heavy atom. The summed E-state index contributed by atoms with van der Waals surface area (Å²) in [5.41, 5.74) is 18.3. The van der Waals surface area contributed by atoms with Crippen LogP contribution in [-0.4, -0.2) is 6.72 Å². The fourth-order valence-corrected chi connectivity index (χ4v) is 8.66. The average molecular weight is 626 g/mol. The molecular weight excluding hydrogens is 591 g/mol. The third-order valence-electron chi connectivity index (χ3n) is 10.7. The Balaban J connectivity index is 1.33. The summed E-state index contributed by atoms with van der Waals surface area (Å²) in [5.74, 6) is -0.0578. The van der Waals surface area contributed by atoms with Gasteiger partial charge in [0.2, 0.25) is 0 Å². The summed E-state index contributed by atoms with van der Waals surface area (Å²) in [6.45, 7) is 8.27. The van der Waals surface area contributed by atoms with Gasteiger partial charge in [0.25, 0.3) is 0 Å². The van der Waals surface area contributed by atoms with Gasteiger partial charge in [-0.2, -0.15) is 0 Å². The lowest BCUT2D eigenvalue weighted by Gasteiger charge is -2.31. The van der Waals surface area contributed by atoms with Crippen LogP contribution in [0.4, 0.5) is 5.69 Å². The lowest BCUT2D eigenvalue weighted by molar-refractivity contribution is 0.771. The Bertz CT molecular complexity index is 2390. The van der Waals surface area contributed by atoms with Crippen LogP contribution in [0.5, 0.6) is 0 Å². The largest absolute Gasteiger partial charge is 0.264 e. The SMILES string of the molecule is C=Nc1ccccc1C(c1ccc(-c2ccccc2)cc1)c1cccc2c1-c1ccccc1C21/C2=C/C=C\C(=C)/C=C\c3cccc1c3C2. The number of hydrogen-bond acceptors (Lipinski definition) is 1. The normalized spacial score (nSPS) is 19.8. The lowest BCUT2D eigenvalue weighted by atomic mass is 9.70. The van der Waals surface area contributed by atoms with Crippen LogP contribution in [0.3, 0.4) is 0 Å². The number of aliphatic imine (C=N–C) groups is 1. The minimum absolute atomic E-state index is 0.0578. The molecule has 0 aromatic heterocycles. The molecule has 49 heavy (non-hydrogen) atoms. The number of nitrogens with zero attached hydrogens (tertiary/aromatic N) is 1. The Hall–Kier alpha value is -6.05. The molecule has 0 aliphatic heterocycles. The molecule has 0 fully saturated rings. The molecule has 0 amide bonds. The molecule has 1 heteroatoms. The van der Waals surface area contributed by atoms with E-state index in [2.05, 4.69) is 188 Å². The highest BCUT2D eigenvalue weighted by molar-refractivity contribution is 5.91. The van der Waals surface area contributed by atoms with Crippen molar-refractivity contribution in [3.8, 4) is 22.3 Å². The standard InChI is InChI=1S/C48H35N/c1-32-13-10-17-37-31-41-35(26-25-32)16-11-22-43(41)48(37)42-21-8-6-18-38(42)47-40(20-12-23-44(47)48)46(39-19-7-9-24-45(39)49-2)36-29-27-34(28-30-36)33-14-4-3-5-15-33/h3-30,46H,1-2,31H2/b13-10-,26-25-,37-17+. The highest BCUT2D eigenvalue weighted by atomic mass is 14.7. The van der Waals surface area contributed by atoms with Crippen molar-refractivity contribution in [1.82, 2.24) is 0 Å². The molecule has 2 bridgehead atoms. The summed E-state index contributed by atoms with van der Waals surface area (Å²) in [7, 11) is 0. The molecule has 1 nitrogen and oxygen atoms in total. The monoisotopic (exact) mass is 625 g/mol. The van der Waals surface area contributed by atoms with Gasteiger partial charge in [-0.25, -0.2) is 0 Å². The minimum Gasteiger partial charge on any atom is -0.264 e. The molecule has 2 unspecified atom stereocenters. The zero-order valence-corrected chi connectivity index (χ0v) is 27.3. The van der Waals surface area contributed by atoms with Crippen molar-refractivity contribution in [2.24, 2.45) is 4.99 Å². The van der Waals surface area contributed by atoms with Crippen LogP contribution in [0.2, 0.25) is 0 Å². The Kier molecular flexibility index (Phi) is 6.88. The lowest BCUT2D eigenvalue weighted by Crippen LogP contribution is -2.26. The molecule has 9 rings (SSSR count). The fraction of sp³-hybridized carbons (Fsp3) is 0.0625. The summed E-state index contributed by atoms with van der Waals surface area (Å²) in [6, 6.07) is 51.1. The molecule has 6 aromatic carbocycles. The topological polar surface area (TPSA) is 12.4 Å². The Morgan fingerprint density at radius 1 is 0.592 bits per heavy atom. The van der Waals surface area contributed by atoms with E-state index in [9.17, 15) is 0 Å². The molecular formula is C48H35N. The van der Waals surface area contributed by atoms with Crippen molar-refractivity contribution in [3.05, 3.63) is 226 Å². The molecule has 0 radical (unpaired) electrons. The maximum Gasteiger partial charge on any atom is 0.0682 e. The van der Waals surface area contributed by atoms with E-state index < -0.39 is 5.41 Å². The van der Waals surface area contributed by atoms with Gasteiger partial charge in [0.15, 0.2) is 0 Å². The van der Waals surface area contributed by atoms with Crippen LogP contribution >= 0.6 is 0 Å². The van der Waals surface area contributed by atoms with Crippen molar-refractivity contribution in [2.45, 2.75) is 17.8 Å². The quantitative estimate of drug-likeness (QED) is 0.134. The van der Waals surface area contributed by atoms with E-state index in [1.54, 1.807) is 0 Å². The van der Waals surface area contributed by atoms with Gasteiger partial charge in [-0.1, -0.05) is 170 Å². The number of rotatable bonds is 5. The molecule has 6 aromatic rings. The highest BCUT2D eigenvalue weighted by Crippen LogP contribution is 2.62. The molecule has 0 heterocycles. The number of allylic oxidation sites excluding steroid dienone is 6. The van der Waals surface area contributed by atoms with E-state index in [0.29, 0.717) is 0 Å². The molecule has 0 N–H and O–H groups in total. The van der Waals surface area contributed by atoms with Crippen molar-refractivity contribution in [3.63, 3.8) is 0 Å². The molecule has 2 atom stereocenters. The van der Waals surface area contributed by atoms with Gasteiger partial charge in [0.05, 0.1) is 11.1 Å². The van der Waals surface area contributed by atoms with Gasteiger partial charge >= 0.3 is 0 Å². The Labute approximate surface area is 288 Å². The van der Waals surface area contributed by atoms with Gasteiger partial charge in [0.1, 0.15) is 0 Å². The first kappa shape index (κ1) is 29.1. The first-order valence-electron chi connectivity index (χ1n) is 17.0. The Morgan fingerprint density at radius 3 is 2.14 bits per heavy atom. The number of para-hydroxylation sites is 1. The third kappa shape index (κ3) is 4.43. The van der Waals surface area contributed by atoms with E-state index in [0.717, 1.165) is 23.2 Å². The van der Waals surface area contributed by atoms with Crippen molar-refractivity contribution >= 4 is 18.5 Å². The molecule has 232 valence electrons. The van der Waals surface area contributed by atoms with Crippen molar-refractivity contribution in [1.29, 1.82) is 0 Å². The van der Waals surface area contributed by atoms with Gasteiger partial charge in [-0.15, -0.1) is 0 Å². The second-order valence-electron chi connectivity index (χ2n) is 13.2. The number of hydrogen-bond donors (Lipinski definition) is 0. The predicted molar refractivity (Wildman–Crippen MR) is 206 cm³/mol. The van der Waals surface area contributed by atoms with Crippen molar-refractivity contribution in [2.75, 3.05) is 0 Å². The van der Waals surface area contributed by atoms with Crippen LogP contribution in [0.1, 0.15) is 50.4 Å². The first-order valence-corrected chi connectivity index (χ1v) is 17.0. The summed E-state index contributed by atoms with van der Waals surface area (Å²) in [6.07, 6.45) is 11.9. The van der Waals surface area contributed by atoms with Crippen LogP contribution in [-0.2, 0) is 11.8 Å². The predicted octanol–water partition coefficient (Wildman–Crippen LogP) is 11.8. The van der Waals surface area contributed by atoms with Crippen molar-refractivity contribution < 1.29 is 0 Å². The summed E-state index contributed by atoms with van der Waals surface area (Å²) in [5, 5.41) is 0. The second kappa shape index (κ2) is 11.6. The maximum absolute atomic E-state index is 4.54. The minimum atomic E-state index is -0.394. The van der Waals surface area contributed by atoms with Gasteiger partial charge in [-0.3, -0.25) is 4.99 Å². The smallest absolute Gasteiger partial charge is 0.0682 e. The zero-order chi connectivity index (χ0) is 33.0. The fourth-order valence-electron chi connectivity index (χ4n) is 8.66. The van der Waals surface area contributed by atoms with Crippen LogP contribution < -0.4 is 0 Å².